The Kier molecular flexibility index (Phi) is 2.73. The van der Waals surface area contributed by atoms with Crippen molar-refractivity contribution in [1.29, 1.82) is 0 Å². The lowest BCUT2D eigenvalue weighted by atomic mass is 10.4. The topological polar surface area (TPSA) is 72.3 Å². The fourth-order valence-electron chi connectivity index (χ4n) is 0.570. The van der Waals surface area contributed by atoms with Crippen LogP contribution in [0.1, 0.15) is 6.92 Å². The molecule has 0 bridgehead atoms. The van der Waals surface area contributed by atoms with Crippen LogP contribution in [-0.4, -0.2) is 27.1 Å². The summed E-state index contributed by atoms with van der Waals surface area (Å²) in [6, 6.07) is -0.156. The second-order valence-corrected chi connectivity index (χ2v) is 2.28. The number of carboxylic acids is 1. The van der Waals surface area contributed by atoms with Crippen molar-refractivity contribution in [3.05, 3.63) is 18.2 Å². The molecule has 0 spiro atoms. The van der Waals surface area contributed by atoms with Crippen LogP contribution in [0.25, 0.3) is 0 Å². The summed E-state index contributed by atoms with van der Waals surface area (Å²) in [5, 5.41) is 8.44. The van der Waals surface area contributed by atoms with Crippen LogP contribution in [0.4, 0.5) is 4.39 Å². The molecule has 1 atom stereocenters. The molecule has 0 aliphatic rings. The molecule has 6 heteroatoms. The van der Waals surface area contributed by atoms with Crippen molar-refractivity contribution in [3.63, 3.8) is 0 Å². The maximum absolute atomic E-state index is 12.3. The highest BCUT2D eigenvalue weighted by molar-refractivity contribution is 5.72. The number of aliphatic carboxylic acids is 1. The molecular formula is C7H7FN2O3. The predicted octanol–water partition coefficient (Wildman–Crippen LogP) is 0.468. The molecule has 0 aromatic carbocycles. The fourth-order valence-corrected chi connectivity index (χ4v) is 0.570. The maximum atomic E-state index is 12.3. The van der Waals surface area contributed by atoms with Gasteiger partial charge < -0.3 is 9.84 Å². The minimum absolute atomic E-state index is 0.156. The van der Waals surface area contributed by atoms with Crippen molar-refractivity contribution in [2.24, 2.45) is 0 Å². The molecule has 70 valence electrons. The van der Waals surface area contributed by atoms with E-state index in [0.717, 1.165) is 12.4 Å². The van der Waals surface area contributed by atoms with Crippen molar-refractivity contribution >= 4 is 5.97 Å². The molecule has 1 heterocycles. The number of hydrogen-bond donors (Lipinski definition) is 1. The Hall–Kier alpha value is -1.72. The van der Waals surface area contributed by atoms with E-state index in [9.17, 15) is 9.18 Å². The number of aromatic nitrogens is 2. The number of carbonyl (C=O) groups is 1. The standard InChI is InChI=1S/C7H7FN2O3/c1-4(6(11)12)13-7-9-2-5(8)3-10-7/h2-4H,1H3,(H,11,12). The molecule has 0 amide bonds. The van der Waals surface area contributed by atoms with E-state index in [0.29, 0.717) is 0 Å². The van der Waals surface area contributed by atoms with E-state index in [2.05, 4.69) is 9.97 Å². The zero-order valence-electron chi connectivity index (χ0n) is 6.77. The van der Waals surface area contributed by atoms with Crippen molar-refractivity contribution in [2.45, 2.75) is 13.0 Å². The third kappa shape index (κ3) is 2.66. The summed E-state index contributed by atoms with van der Waals surface area (Å²) in [4.78, 5) is 17.2. The highest BCUT2D eigenvalue weighted by atomic mass is 19.1. The Bertz CT molecular complexity index is 301. The molecule has 5 nitrogen and oxygen atoms in total. The van der Waals surface area contributed by atoms with Crippen LogP contribution in [0.15, 0.2) is 12.4 Å². The highest BCUT2D eigenvalue weighted by Gasteiger charge is 2.13. The van der Waals surface area contributed by atoms with Gasteiger partial charge >= 0.3 is 12.0 Å². The van der Waals surface area contributed by atoms with Crippen LogP contribution in [0.3, 0.4) is 0 Å². The minimum atomic E-state index is -1.13. The van der Waals surface area contributed by atoms with Gasteiger partial charge in [-0.05, 0) is 6.92 Å². The molecule has 0 saturated carbocycles. The Balaban J connectivity index is 2.64. The summed E-state index contributed by atoms with van der Waals surface area (Å²) in [6.07, 6.45) is 0.749. The van der Waals surface area contributed by atoms with Crippen LogP contribution >= 0.6 is 0 Å². The van der Waals surface area contributed by atoms with E-state index < -0.39 is 17.9 Å². The van der Waals surface area contributed by atoms with Crippen LogP contribution in [-0.2, 0) is 4.79 Å². The first-order valence-corrected chi connectivity index (χ1v) is 3.46. The Morgan fingerprint density at radius 1 is 1.62 bits per heavy atom. The van der Waals surface area contributed by atoms with E-state index in [1.807, 2.05) is 0 Å². The SMILES string of the molecule is CC(Oc1ncc(F)cn1)C(=O)O. The van der Waals surface area contributed by atoms with E-state index in [1.54, 1.807) is 0 Å². The first-order chi connectivity index (χ1) is 6.09. The largest absolute Gasteiger partial charge is 0.479 e. The predicted molar refractivity (Wildman–Crippen MR) is 39.7 cm³/mol. The third-order valence-corrected chi connectivity index (χ3v) is 1.23. The van der Waals surface area contributed by atoms with Crippen LogP contribution < -0.4 is 4.74 Å². The summed E-state index contributed by atoms with van der Waals surface area (Å²) in [5.74, 6) is -1.73. The second-order valence-electron chi connectivity index (χ2n) is 2.28. The quantitative estimate of drug-likeness (QED) is 0.742. The summed E-state index contributed by atoms with van der Waals surface area (Å²) >= 11 is 0. The molecule has 0 saturated heterocycles. The van der Waals surface area contributed by atoms with Crippen LogP contribution in [0.2, 0.25) is 0 Å². The summed E-state index contributed by atoms with van der Waals surface area (Å²) < 4.78 is 17.0. The van der Waals surface area contributed by atoms with Gasteiger partial charge in [-0.15, -0.1) is 0 Å². The van der Waals surface area contributed by atoms with Gasteiger partial charge in [-0.2, -0.15) is 0 Å². The molecule has 0 fully saturated rings. The van der Waals surface area contributed by atoms with Gasteiger partial charge in [0.1, 0.15) is 0 Å². The maximum Gasteiger partial charge on any atom is 0.344 e. The molecule has 0 aliphatic heterocycles. The number of halogens is 1. The van der Waals surface area contributed by atoms with Crippen molar-refractivity contribution in [3.8, 4) is 6.01 Å². The number of rotatable bonds is 3. The monoisotopic (exact) mass is 186 g/mol. The molecular weight excluding hydrogens is 179 g/mol. The van der Waals surface area contributed by atoms with Crippen molar-refractivity contribution in [2.75, 3.05) is 0 Å². The number of hydrogen-bond acceptors (Lipinski definition) is 4. The minimum Gasteiger partial charge on any atom is -0.479 e. The molecule has 0 radical (unpaired) electrons. The van der Waals surface area contributed by atoms with E-state index >= 15 is 0 Å². The number of carboxylic acid groups (broad SMARTS) is 1. The van der Waals surface area contributed by atoms with Gasteiger partial charge in [0.05, 0.1) is 12.4 Å². The third-order valence-electron chi connectivity index (χ3n) is 1.23. The highest BCUT2D eigenvalue weighted by Crippen LogP contribution is 2.03. The zero-order chi connectivity index (χ0) is 9.84. The number of ether oxygens (including phenoxy) is 1. The van der Waals surface area contributed by atoms with Gasteiger partial charge in [0.15, 0.2) is 11.9 Å². The lowest BCUT2D eigenvalue weighted by Gasteiger charge is -2.06. The lowest BCUT2D eigenvalue weighted by molar-refractivity contribution is -0.144. The van der Waals surface area contributed by atoms with Crippen molar-refractivity contribution < 1.29 is 19.0 Å². The van der Waals surface area contributed by atoms with Crippen LogP contribution in [0.5, 0.6) is 6.01 Å². The lowest BCUT2D eigenvalue weighted by Crippen LogP contribution is -2.23. The molecule has 1 aromatic heterocycles. The average molecular weight is 186 g/mol. The molecule has 13 heavy (non-hydrogen) atoms. The number of nitrogens with zero attached hydrogens (tertiary/aromatic N) is 2. The van der Waals surface area contributed by atoms with E-state index in [-0.39, 0.29) is 6.01 Å². The average Bonchev–Trinajstić information content (AvgIpc) is 2.08. The van der Waals surface area contributed by atoms with E-state index in [1.165, 1.54) is 6.92 Å². The molecule has 0 aliphatic carbocycles. The summed E-state index contributed by atoms with van der Waals surface area (Å²) in [5.41, 5.74) is 0. The second kappa shape index (κ2) is 3.79. The van der Waals surface area contributed by atoms with Gasteiger partial charge in [0.25, 0.3) is 0 Å². The first kappa shape index (κ1) is 9.37. The van der Waals surface area contributed by atoms with Crippen LogP contribution in [0, 0.1) is 5.82 Å². The van der Waals surface area contributed by atoms with E-state index in [4.69, 9.17) is 9.84 Å². The normalized spacial score (nSPS) is 12.2. The summed E-state index contributed by atoms with van der Waals surface area (Å²) in [7, 11) is 0. The summed E-state index contributed by atoms with van der Waals surface area (Å²) in [6.45, 7) is 1.33. The van der Waals surface area contributed by atoms with Gasteiger partial charge in [-0.1, -0.05) is 0 Å². The molecule has 1 unspecified atom stereocenters. The Labute approximate surface area is 73.2 Å². The molecule has 1 N–H and O–H groups in total. The fraction of sp³-hybridized carbons (Fsp3) is 0.286. The molecule has 1 rings (SSSR count). The molecule has 1 aromatic rings. The Morgan fingerprint density at radius 2 is 2.15 bits per heavy atom. The van der Waals surface area contributed by atoms with Gasteiger partial charge in [-0.25, -0.2) is 19.2 Å². The first-order valence-electron chi connectivity index (χ1n) is 3.46. The zero-order valence-corrected chi connectivity index (χ0v) is 6.77. The van der Waals surface area contributed by atoms with Crippen molar-refractivity contribution in [1.82, 2.24) is 9.97 Å². The van der Waals surface area contributed by atoms with Gasteiger partial charge in [0.2, 0.25) is 0 Å². The smallest absolute Gasteiger partial charge is 0.344 e. The van der Waals surface area contributed by atoms with Gasteiger partial charge in [-0.3, -0.25) is 0 Å². The van der Waals surface area contributed by atoms with Gasteiger partial charge in [0, 0.05) is 0 Å². The Morgan fingerprint density at radius 3 is 2.62 bits per heavy atom.